The van der Waals surface area contributed by atoms with Crippen molar-refractivity contribution in [1.29, 1.82) is 5.26 Å². The number of nitrogens with zero attached hydrogens (tertiary/aromatic N) is 4. The van der Waals surface area contributed by atoms with Gasteiger partial charge in [0.2, 0.25) is 5.95 Å². The molecule has 31 heavy (non-hydrogen) atoms. The van der Waals surface area contributed by atoms with Crippen LogP contribution in [0, 0.1) is 32.1 Å². The average Bonchev–Trinajstić information content (AvgIpc) is 2.68. The highest BCUT2D eigenvalue weighted by atomic mass is 31.2. The molecule has 0 aliphatic carbocycles. The van der Waals surface area contributed by atoms with Crippen molar-refractivity contribution in [2.24, 2.45) is 0 Å². The molecule has 0 saturated carbocycles. The zero-order valence-electron chi connectivity index (χ0n) is 19.1. The molecule has 3 rings (SSSR count). The Labute approximate surface area is 185 Å². The minimum atomic E-state index is -2.29. The first-order chi connectivity index (χ1) is 14.6. The normalized spacial score (nSPS) is 11.3. The number of anilines is 2. The van der Waals surface area contributed by atoms with Crippen molar-refractivity contribution in [2.45, 2.75) is 33.4 Å². The summed E-state index contributed by atoms with van der Waals surface area (Å²) in [5.74, 6) is 0.563. The zero-order valence-corrected chi connectivity index (χ0v) is 20.0. The van der Waals surface area contributed by atoms with E-state index in [1.54, 1.807) is 25.5 Å². The van der Waals surface area contributed by atoms with Gasteiger partial charge >= 0.3 is 0 Å². The molecule has 0 atom stereocenters. The number of nitriles is 1. The molecule has 0 bridgehead atoms. The van der Waals surface area contributed by atoms with Gasteiger partial charge in [-0.05, 0) is 81.1 Å². The lowest BCUT2D eigenvalue weighted by Crippen LogP contribution is -2.15. The molecular formula is C25H29N4OP. The minimum absolute atomic E-state index is 0.433. The third-order valence-electron chi connectivity index (χ3n) is 5.25. The van der Waals surface area contributed by atoms with Crippen molar-refractivity contribution in [2.75, 3.05) is 25.3 Å². The summed E-state index contributed by atoms with van der Waals surface area (Å²) in [5, 5.41) is 9.05. The lowest BCUT2D eigenvalue weighted by atomic mass is 9.96. The molecule has 0 amide bonds. The number of hydrogen-bond acceptors (Lipinski definition) is 5. The van der Waals surface area contributed by atoms with Crippen molar-refractivity contribution in [3.63, 3.8) is 0 Å². The second-order valence-corrected chi connectivity index (χ2v) is 12.1. The standard InChI is InChI=1S/C25H29N4OP/c1-17-11-18(2)24(19(3)12-17)14-21-13-22(16-31(5,6)30)28-25(27-21)29(4)23-9-7-20(15-26)8-10-23/h7-13H,14,16H2,1-6H3. The molecule has 1 aromatic heterocycles. The van der Waals surface area contributed by atoms with Crippen LogP contribution in [-0.4, -0.2) is 30.3 Å². The number of benzene rings is 2. The van der Waals surface area contributed by atoms with Crippen LogP contribution >= 0.6 is 7.14 Å². The topological polar surface area (TPSA) is 69.9 Å². The molecular weight excluding hydrogens is 403 g/mol. The lowest BCUT2D eigenvalue weighted by Gasteiger charge is -2.20. The van der Waals surface area contributed by atoms with Gasteiger partial charge in [0, 0.05) is 25.3 Å². The highest BCUT2D eigenvalue weighted by Gasteiger charge is 2.16. The molecule has 1 heterocycles. The first kappa shape index (κ1) is 22.7. The van der Waals surface area contributed by atoms with Gasteiger partial charge in [0.25, 0.3) is 0 Å². The lowest BCUT2D eigenvalue weighted by molar-refractivity contribution is 0.581. The van der Waals surface area contributed by atoms with E-state index in [2.05, 4.69) is 39.0 Å². The fourth-order valence-corrected chi connectivity index (χ4v) is 4.74. The Kier molecular flexibility index (Phi) is 6.62. The van der Waals surface area contributed by atoms with Crippen LogP contribution in [-0.2, 0) is 17.1 Å². The fraction of sp³-hybridized carbons (Fsp3) is 0.320. The third-order valence-corrected chi connectivity index (χ3v) is 6.33. The van der Waals surface area contributed by atoms with Crippen molar-refractivity contribution in [3.8, 4) is 6.07 Å². The van der Waals surface area contributed by atoms with Gasteiger partial charge in [0.1, 0.15) is 0 Å². The third kappa shape index (κ3) is 5.81. The molecule has 0 spiro atoms. The highest BCUT2D eigenvalue weighted by molar-refractivity contribution is 7.61. The van der Waals surface area contributed by atoms with Crippen LogP contribution in [0.4, 0.5) is 11.6 Å². The van der Waals surface area contributed by atoms with Gasteiger partial charge in [-0.2, -0.15) is 5.26 Å². The summed E-state index contributed by atoms with van der Waals surface area (Å²) < 4.78 is 12.5. The average molecular weight is 433 g/mol. The van der Waals surface area contributed by atoms with E-state index >= 15 is 0 Å². The molecule has 0 N–H and O–H groups in total. The van der Waals surface area contributed by atoms with Crippen molar-refractivity contribution >= 4 is 18.8 Å². The fourth-order valence-electron chi connectivity index (χ4n) is 3.80. The van der Waals surface area contributed by atoms with Crippen LogP contribution in [0.15, 0.2) is 42.5 Å². The Bertz CT molecular complexity index is 1170. The number of hydrogen-bond donors (Lipinski definition) is 0. The molecule has 160 valence electrons. The summed E-state index contributed by atoms with van der Waals surface area (Å²) in [5.41, 5.74) is 8.20. The minimum Gasteiger partial charge on any atom is -0.324 e. The Morgan fingerprint density at radius 3 is 2.10 bits per heavy atom. The Hall–Kier alpha value is -2.96. The van der Waals surface area contributed by atoms with E-state index in [0.29, 0.717) is 24.1 Å². The summed E-state index contributed by atoms with van der Waals surface area (Å²) >= 11 is 0. The molecule has 0 aliphatic heterocycles. The molecule has 0 saturated heterocycles. The summed E-state index contributed by atoms with van der Waals surface area (Å²) in [6.45, 7) is 9.94. The van der Waals surface area contributed by atoms with Gasteiger partial charge < -0.3 is 9.46 Å². The van der Waals surface area contributed by atoms with E-state index in [0.717, 1.165) is 17.1 Å². The molecule has 5 nitrogen and oxygen atoms in total. The van der Waals surface area contributed by atoms with Crippen LogP contribution < -0.4 is 4.90 Å². The van der Waals surface area contributed by atoms with Crippen LogP contribution in [0.5, 0.6) is 0 Å². The second-order valence-electron chi connectivity index (χ2n) is 8.65. The molecule has 0 fully saturated rings. The van der Waals surface area contributed by atoms with Crippen molar-refractivity contribution in [3.05, 3.63) is 81.7 Å². The van der Waals surface area contributed by atoms with Crippen LogP contribution in [0.1, 0.15) is 39.2 Å². The highest BCUT2D eigenvalue weighted by Crippen LogP contribution is 2.40. The maximum absolute atomic E-state index is 12.5. The predicted molar refractivity (Wildman–Crippen MR) is 128 cm³/mol. The Balaban J connectivity index is 2.04. The molecule has 3 aromatic rings. The molecule has 0 radical (unpaired) electrons. The van der Waals surface area contributed by atoms with Gasteiger partial charge in [0.05, 0.1) is 30.2 Å². The van der Waals surface area contributed by atoms with Gasteiger partial charge in [-0.15, -0.1) is 0 Å². The number of aryl methyl sites for hydroxylation is 3. The van der Waals surface area contributed by atoms with Gasteiger partial charge in [-0.1, -0.05) is 17.7 Å². The predicted octanol–water partition coefficient (Wildman–Crippen LogP) is 5.75. The first-order valence-corrected chi connectivity index (χ1v) is 13.1. The van der Waals surface area contributed by atoms with E-state index in [9.17, 15) is 4.57 Å². The van der Waals surface area contributed by atoms with E-state index in [4.69, 9.17) is 15.2 Å². The van der Waals surface area contributed by atoms with Crippen LogP contribution in [0.3, 0.4) is 0 Å². The van der Waals surface area contributed by atoms with Gasteiger partial charge in [-0.3, -0.25) is 0 Å². The molecule has 0 aliphatic rings. The molecule has 2 aromatic carbocycles. The quantitative estimate of drug-likeness (QED) is 0.464. The first-order valence-electron chi connectivity index (χ1n) is 10.3. The maximum atomic E-state index is 12.5. The summed E-state index contributed by atoms with van der Waals surface area (Å²) in [6, 6.07) is 15.8. The van der Waals surface area contributed by atoms with E-state index in [1.165, 1.54) is 22.3 Å². The van der Waals surface area contributed by atoms with Crippen molar-refractivity contribution < 1.29 is 4.57 Å². The summed E-state index contributed by atoms with van der Waals surface area (Å²) in [7, 11) is -0.386. The zero-order chi connectivity index (χ0) is 22.8. The summed E-state index contributed by atoms with van der Waals surface area (Å²) in [4.78, 5) is 11.5. The van der Waals surface area contributed by atoms with Crippen molar-refractivity contribution in [1.82, 2.24) is 9.97 Å². The van der Waals surface area contributed by atoms with Crippen LogP contribution in [0.25, 0.3) is 0 Å². The maximum Gasteiger partial charge on any atom is 0.230 e. The monoisotopic (exact) mass is 432 g/mol. The van der Waals surface area contributed by atoms with E-state index < -0.39 is 7.14 Å². The largest absolute Gasteiger partial charge is 0.324 e. The molecule has 0 unspecified atom stereocenters. The summed E-state index contributed by atoms with van der Waals surface area (Å²) in [6.07, 6.45) is 1.13. The molecule has 6 heteroatoms. The number of aromatic nitrogens is 2. The van der Waals surface area contributed by atoms with E-state index in [1.807, 2.05) is 30.1 Å². The van der Waals surface area contributed by atoms with Gasteiger partial charge in [-0.25, -0.2) is 9.97 Å². The SMILES string of the molecule is Cc1cc(C)c(Cc2cc(CP(C)(C)=O)nc(N(C)c3ccc(C#N)cc3)n2)c(C)c1. The Morgan fingerprint density at radius 1 is 0.968 bits per heavy atom. The van der Waals surface area contributed by atoms with Gasteiger partial charge in [0.15, 0.2) is 0 Å². The number of rotatable bonds is 6. The second kappa shape index (κ2) is 9.04. The smallest absolute Gasteiger partial charge is 0.230 e. The Morgan fingerprint density at radius 2 is 1.55 bits per heavy atom. The van der Waals surface area contributed by atoms with E-state index in [-0.39, 0.29) is 0 Å². The van der Waals surface area contributed by atoms with Crippen LogP contribution in [0.2, 0.25) is 0 Å².